The number of fused-ring (bicyclic) bond motifs is 1. The van der Waals surface area contributed by atoms with Gasteiger partial charge in [-0.15, -0.1) is 11.3 Å². The van der Waals surface area contributed by atoms with Crippen molar-refractivity contribution in [3.8, 4) is 0 Å². The van der Waals surface area contributed by atoms with Gasteiger partial charge in [-0.1, -0.05) is 6.92 Å². The van der Waals surface area contributed by atoms with Gasteiger partial charge < -0.3 is 10.4 Å². The van der Waals surface area contributed by atoms with Crippen molar-refractivity contribution in [2.24, 2.45) is 0 Å². The van der Waals surface area contributed by atoms with E-state index in [0.29, 0.717) is 12.0 Å². The molecule has 2 rings (SSSR count). The molecule has 0 unspecified atom stereocenters. The van der Waals surface area contributed by atoms with Crippen molar-refractivity contribution < 1.29 is 14.7 Å². The van der Waals surface area contributed by atoms with Crippen molar-refractivity contribution in [2.45, 2.75) is 45.1 Å². The van der Waals surface area contributed by atoms with Crippen molar-refractivity contribution in [1.82, 2.24) is 5.32 Å². The van der Waals surface area contributed by atoms with Crippen LogP contribution in [0.5, 0.6) is 0 Å². The lowest BCUT2D eigenvalue weighted by Crippen LogP contribution is -2.40. The van der Waals surface area contributed by atoms with E-state index in [9.17, 15) is 9.59 Å². The zero-order chi connectivity index (χ0) is 13.1. The van der Waals surface area contributed by atoms with Crippen molar-refractivity contribution in [1.29, 1.82) is 0 Å². The van der Waals surface area contributed by atoms with E-state index in [4.69, 9.17) is 5.11 Å². The van der Waals surface area contributed by atoms with Crippen LogP contribution in [-0.4, -0.2) is 23.0 Å². The zero-order valence-corrected chi connectivity index (χ0v) is 11.2. The van der Waals surface area contributed by atoms with Crippen LogP contribution in [0.4, 0.5) is 0 Å². The molecule has 0 aromatic carbocycles. The number of rotatable bonds is 4. The summed E-state index contributed by atoms with van der Waals surface area (Å²) in [6.07, 6.45) is 4.67. The molecule has 0 saturated heterocycles. The molecule has 0 spiro atoms. The Morgan fingerprint density at radius 3 is 2.83 bits per heavy atom. The lowest BCUT2D eigenvalue weighted by molar-refractivity contribution is -0.139. The summed E-state index contributed by atoms with van der Waals surface area (Å²) in [7, 11) is 0. The Labute approximate surface area is 110 Å². The molecule has 0 radical (unpaired) electrons. The summed E-state index contributed by atoms with van der Waals surface area (Å²) in [5, 5.41) is 13.4. The predicted molar refractivity (Wildman–Crippen MR) is 70.1 cm³/mol. The largest absolute Gasteiger partial charge is 0.480 e. The SMILES string of the molecule is CC[C@@H](NC(=O)c1csc2c1CCCC2)C(=O)O. The zero-order valence-electron chi connectivity index (χ0n) is 10.4. The quantitative estimate of drug-likeness (QED) is 0.879. The third kappa shape index (κ3) is 2.56. The molecule has 0 aliphatic heterocycles. The van der Waals surface area contributed by atoms with E-state index in [1.54, 1.807) is 18.3 Å². The number of aliphatic carboxylic acids is 1. The normalized spacial score (nSPS) is 15.8. The second-order valence-electron chi connectivity index (χ2n) is 4.53. The van der Waals surface area contributed by atoms with Gasteiger partial charge in [0.25, 0.3) is 5.91 Å². The van der Waals surface area contributed by atoms with Crippen LogP contribution in [-0.2, 0) is 17.6 Å². The summed E-state index contributed by atoms with van der Waals surface area (Å²) in [6, 6.07) is -0.795. The van der Waals surface area contributed by atoms with Gasteiger partial charge in [0.15, 0.2) is 0 Å². The fourth-order valence-corrected chi connectivity index (χ4v) is 3.38. The first kappa shape index (κ1) is 13.1. The fraction of sp³-hybridized carbons (Fsp3) is 0.538. The van der Waals surface area contributed by atoms with Crippen LogP contribution in [0.3, 0.4) is 0 Å². The molecule has 4 nitrogen and oxygen atoms in total. The smallest absolute Gasteiger partial charge is 0.326 e. The van der Waals surface area contributed by atoms with E-state index in [0.717, 1.165) is 24.8 Å². The summed E-state index contributed by atoms with van der Waals surface area (Å²) in [6.45, 7) is 1.75. The number of nitrogens with one attached hydrogen (secondary N) is 1. The van der Waals surface area contributed by atoms with Gasteiger partial charge in [-0.2, -0.15) is 0 Å². The Morgan fingerprint density at radius 1 is 1.44 bits per heavy atom. The molecule has 1 aromatic rings. The summed E-state index contributed by atoms with van der Waals surface area (Å²) in [5.74, 6) is -1.22. The molecule has 18 heavy (non-hydrogen) atoms. The molecule has 2 N–H and O–H groups in total. The first-order valence-corrected chi connectivity index (χ1v) is 7.14. The number of aryl methyl sites for hydroxylation is 1. The highest BCUT2D eigenvalue weighted by molar-refractivity contribution is 7.10. The van der Waals surface area contributed by atoms with Crippen molar-refractivity contribution >= 4 is 23.2 Å². The maximum absolute atomic E-state index is 12.1. The van der Waals surface area contributed by atoms with Gasteiger partial charge in [-0.25, -0.2) is 4.79 Å². The Bertz CT molecular complexity index is 467. The molecule has 0 bridgehead atoms. The highest BCUT2D eigenvalue weighted by Crippen LogP contribution is 2.30. The van der Waals surface area contributed by atoms with Gasteiger partial charge in [0.05, 0.1) is 5.56 Å². The summed E-state index contributed by atoms with van der Waals surface area (Å²) in [5.41, 5.74) is 1.80. The van der Waals surface area contributed by atoms with E-state index in [1.165, 1.54) is 11.3 Å². The average Bonchev–Trinajstić information content (AvgIpc) is 2.79. The second-order valence-corrected chi connectivity index (χ2v) is 5.49. The van der Waals surface area contributed by atoms with E-state index in [2.05, 4.69) is 5.32 Å². The molecule has 0 fully saturated rings. The number of carbonyl (C=O) groups is 2. The third-order valence-electron chi connectivity index (χ3n) is 3.32. The van der Waals surface area contributed by atoms with Gasteiger partial charge in [0, 0.05) is 10.3 Å². The van der Waals surface area contributed by atoms with Crippen LogP contribution in [0.1, 0.15) is 47.0 Å². The van der Waals surface area contributed by atoms with Crippen LogP contribution in [0.25, 0.3) is 0 Å². The number of carboxylic acid groups (broad SMARTS) is 1. The number of carboxylic acids is 1. The Morgan fingerprint density at radius 2 is 2.17 bits per heavy atom. The number of hydrogen-bond donors (Lipinski definition) is 2. The van der Waals surface area contributed by atoms with Gasteiger partial charge in [-0.3, -0.25) is 4.79 Å². The standard InChI is InChI=1S/C13H17NO3S/c1-2-10(13(16)17)14-12(15)9-7-18-11-6-4-3-5-8(9)11/h7,10H,2-6H2,1H3,(H,14,15)(H,16,17)/t10-/m1/s1. The minimum Gasteiger partial charge on any atom is -0.480 e. The monoisotopic (exact) mass is 267 g/mol. The number of carbonyl (C=O) groups excluding carboxylic acids is 1. The Balaban J connectivity index is 2.14. The molecule has 5 heteroatoms. The molecule has 98 valence electrons. The summed E-state index contributed by atoms with van der Waals surface area (Å²) < 4.78 is 0. The van der Waals surface area contributed by atoms with Crippen LogP contribution in [0.15, 0.2) is 5.38 Å². The fourth-order valence-electron chi connectivity index (χ4n) is 2.26. The first-order chi connectivity index (χ1) is 8.63. The Kier molecular flexibility index (Phi) is 4.01. The average molecular weight is 267 g/mol. The van der Waals surface area contributed by atoms with Gasteiger partial charge in [-0.05, 0) is 37.7 Å². The molecule has 1 amide bonds. The minimum atomic E-state index is -0.977. The van der Waals surface area contributed by atoms with Gasteiger partial charge in [0.1, 0.15) is 6.04 Å². The van der Waals surface area contributed by atoms with Crippen LogP contribution >= 0.6 is 11.3 Å². The molecule has 1 heterocycles. The maximum Gasteiger partial charge on any atom is 0.326 e. The molecule has 0 saturated carbocycles. The maximum atomic E-state index is 12.1. The molecule has 1 aliphatic carbocycles. The predicted octanol–water partition coefficient (Wildman–Crippen LogP) is 2.22. The second kappa shape index (κ2) is 5.52. The van der Waals surface area contributed by atoms with Gasteiger partial charge in [0.2, 0.25) is 0 Å². The third-order valence-corrected chi connectivity index (χ3v) is 4.41. The Hall–Kier alpha value is -1.36. The van der Waals surface area contributed by atoms with E-state index < -0.39 is 12.0 Å². The molecular formula is C13H17NO3S. The molecule has 1 atom stereocenters. The lowest BCUT2D eigenvalue weighted by Gasteiger charge is -2.15. The number of amides is 1. The molecule has 1 aliphatic rings. The van der Waals surface area contributed by atoms with E-state index in [1.807, 2.05) is 5.38 Å². The number of hydrogen-bond acceptors (Lipinski definition) is 3. The van der Waals surface area contributed by atoms with Crippen LogP contribution < -0.4 is 5.32 Å². The van der Waals surface area contributed by atoms with Crippen molar-refractivity contribution in [3.05, 3.63) is 21.4 Å². The molecule has 1 aromatic heterocycles. The van der Waals surface area contributed by atoms with Crippen LogP contribution in [0.2, 0.25) is 0 Å². The van der Waals surface area contributed by atoms with E-state index in [-0.39, 0.29) is 5.91 Å². The minimum absolute atomic E-state index is 0.247. The van der Waals surface area contributed by atoms with E-state index >= 15 is 0 Å². The van der Waals surface area contributed by atoms with Gasteiger partial charge >= 0.3 is 5.97 Å². The highest BCUT2D eigenvalue weighted by atomic mass is 32.1. The van der Waals surface area contributed by atoms with Crippen LogP contribution in [0, 0.1) is 0 Å². The van der Waals surface area contributed by atoms with Crippen molar-refractivity contribution in [3.63, 3.8) is 0 Å². The summed E-state index contributed by atoms with van der Waals surface area (Å²) >= 11 is 1.62. The lowest BCUT2D eigenvalue weighted by atomic mass is 9.95. The number of thiophene rings is 1. The highest BCUT2D eigenvalue weighted by Gasteiger charge is 2.23. The van der Waals surface area contributed by atoms with Crippen molar-refractivity contribution in [2.75, 3.05) is 0 Å². The first-order valence-electron chi connectivity index (χ1n) is 6.26. The topological polar surface area (TPSA) is 66.4 Å². The summed E-state index contributed by atoms with van der Waals surface area (Å²) in [4.78, 5) is 24.3. The molecular weight excluding hydrogens is 250 g/mol.